The van der Waals surface area contributed by atoms with E-state index in [-0.39, 0.29) is 17.3 Å². The molecule has 4 atom stereocenters. The molecule has 2 bridgehead atoms. The molecule has 0 aromatic heterocycles. The lowest BCUT2D eigenvalue weighted by Crippen LogP contribution is -2.55. The molecule has 2 heterocycles. The Morgan fingerprint density at radius 2 is 2.21 bits per heavy atom. The molecule has 0 radical (unpaired) electrons. The third kappa shape index (κ3) is 0.842. The molecule has 0 amide bonds. The first kappa shape index (κ1) is 8.93. The van der Waals surface area contributed by atoms with Gasteiger partial charge in [0, 0.05) is 0 Å². The van der Waals surface area contributed by atoms with Crippen LogP contribution in [0.4, 0.5) is 0 Å². The average molecular weight is 194 g/mol. The summed E-state index contributed by atoms with van der Waals surface area (Å²) >= 11 is 0. The molecule has 2 nitrogen and oxygen atoms in total. The Balaban J connectivity index is 2.05. The van der Waals surface area contributed by atoms with Crippen LogP contribution in [-0.4, -0.2) is 22.4 Å². The van der Waals surface area contributed by atoms with Gasteiger partial charge in [0.15, 0.2) is 0 Å². The fourth-order valence-electron chi connectivity index (χ4n) is 3.57. The molecular weight excluding hydrogens is 176 g/mol. The maximum Gasteiger partial charge on any atom is 0.0958 e. The monoisotopic (exact) mass is 194 g/mol. The summed E-state index contributed by atoms with van der Waals surface area (Å²) in [6, 6.07) is 0. The molecule has 2 aliphatic carbocycles. The first-order chi connectivity index (χ1) is 6.57. The standard InChI is InChI=1S/C12H18O2/c1-8-3-4-9(13)7-10-11(2)5-6-12(8,10)14-11/h7-9,13H,3-6H2,1-2H3/t8-,9-,11+,12+/m1/s1. The largest absolute Gasteiger partial charge is 0.389 e. The van der Waals surface area contributed by atoms with E-state index in [4.69, 9.17) is 4.74 Å². The van der Waals surface area contributed by atoms with Gasteiger partial charge in [-0.1, -0.05) is 13.0 Å². The van der Waals surface area contributed by atoms with Crippen LogP contribution >= 0.6 is 0 Å². The van der Waals surface area contributed by atoms with E-state index in [2.05, 4.69) is 19.9 Å². The van der Waals surface area contributed by atoms with Crippen LogP contribution in [0.2, 0.25) is 0 Å². The van der Waals surface area contributed by atoms with Crippen molar-refractivity contribution in [1.82, 2.24) is 0 Å². The molecule has 14 heavy (non-hydrogen) atoms. The average Bonchev–Trinajstić information content (AvgIpc) is 2.59. The van der Waals surface area contributed by atoms with Gasteiger partial charge in [-0.25, -0.2) is 0 Å². The first-order valence-electron chi connectivity index (χ1n) is 5.68. The van der Waals surface area contributed by atoms with Crippen LogP contribution in [0.1, 0.15) is 39.5 Å². The van der Waals surface area contributed by atoms with Crippen molar-refractivity contribution < 1.29 is 9.84 Å². The van der Waals surface area contributed by atoms with Crippen LogP contribution in [-0.2, 0) is 4.74 Å². The van der Waals surface area contributed by atoms with Gasteiger partial charge in [-0.2, -0.15) is 0 Å². The highest BCUT2D eigenvalue weighted by Gasteiger charge is 2.66. The predicted molar refractivity (Wildman–Crippen MR) is 53.9 cm³/mol. The smallest absolute Gasteiger partial charge is 0.0958 e. The summed E-state index contributed by atoms with van der Waals surface area (Å²) in [7, 11) is 0. The number of hydrogen-bond donors (Lipinski definition) is 1. The third-order valence-corrected chi connectivity index (χ3v) is 4.46. The van der Waals surface area contributed by atoms with E-state index in [1.54, 1.807) is 0 Å². The Hall–Kier alpha value is -0.340. The summed E-state index contributed by atoms with van der Waals surface area (Å²) in [4.78, 5) is 0. The van der Waals surface area contributed by atoms with E-state index in [0.717, 1.165) is 25.7 Å². The maximum atomic E-state index is 9.77. The lowest BCUT2D eigenvalue weighted by Gasteiger charge is -2.51. The zero-order chi connectivity index (χ0) is 9.97. The van der Waals surface area contributed by atoms with E-state index >= 15 is 0 Å². The number of aliphatic hydroxyl groups is 1. The Kier molecular flexibility index (Phi) is 1.54. The summed E-state index contributed by atoms with van der Waals surface area (Å²) in [5, 5.41) is 9.77. The van der Waals surface area contributed by atoms with Crippen molar-refractivity contribution in [1.29, 1.82) is 0 Å². The minimum atomic E-state index is -0.240. The second kappa shape index (κ2) is 2.42. The summed E-state index contributed by atoms with van der Waals surface area (Å²) in [6.45, 7) is 4.42. The zero-order valence-corrected chi connectivity index (χ0v) is 8.92. The summed E-state index contributed by atoms with van der Waals surface area (Å²) in [5.74, 6) is 0.571. The Morgan fingerprint density at radius 3 is 2.93 bits per heavy atom. The zero-order valence-electron chi connectivity index (χ0n) is 8.92. The molecule has 1 N–H and O–H groups in total. The van der Waals surface area contributed by atoms with E-state index in [1.165, 1.54) is 5.57 Å². The summed E-state index contributed by atoms with van der Waals surface area (Å²) in [5.41, 5.74) is 1.38. The van der Waals surface area contributed by atoms with Crippen molar-refractivity contribution in [3.63, 3.8) is 0 Å². The number of aliphatic hydroxyl groups excluding tert-OH is 1. The van der Waals surface area contributed by atoms with Gasteiger partial charge in [-0.15, -0.1) is 0 Å². The molecule has 0 aromatic rings. The minimum Gasteiger partial charge on any atom is -0.389 e. The molecule has 3 fully saturated rings. The number of fused-ring (bicyclic) bond motifs is 1. The molecular formula is C12H18O2. The molecule has 2 heteroatoms. The third-order valence-electron chi connectivity index (χ3n) is 4.46. The quantitative estimate of drug-likeness (QED) is 0.598. The Morgan fingerprint density at radius 1 is 1.43 bits per heavy atom. The van der Waals surface area contributed by atoms with Crippen molar-refractivity contribution >= 4 is 0 Å². The van der Waals surface area contributed by atoms with Gasteiger partial charge in [0.1, 0.15) is 0 Å². The Bertz CT molecular complexity index is 309. The van der Waals surface area contributed by atoms with Crippen molar-refractivity contribution in [3.05, 3.63) is 11.6 Å². The first-order valence-corrected chi connectivity index (χ1v) is 5.68. The van der Waals surface area contributed by atoms with Gasteiger partial charge in [0.2, 0.25) is 0 Å². The van der Waals surface area contributed by atoms with E-state index in [0.29, 0.717) is 5.92 Å². The lowest BCUT2D eigenvalue weighted by molar-refractivity contribution is -0.168. The molecule has 0 unspecified atom stereocenters. The molecule has 4 rings (SSSR count). The fraction of sp³-hybridized carbons (Fsp3) is 0.833. The highest BCUT2D eigenvalue weighted by molar-refractivity contribution is 5.42. The van der Waals surface area contributed by atoms with Gasteiger partial charge in [0.05, 0.1) is 17.3 Å². The minimum absolute atomic E-state index is 0.0201. The second-order valence-electron chi connectivity index (χ2n) is 5.35. The van der Waals surface area contributed by atoms with E-state index < -0.39 is 0 Å². The maximum absolute atomic E-state index is 9.77. The fourth-order valence-corrected chi connectivity index (χ4v) is 3.57. The van der Waals surface area contributed by atoms with Crippen LogP contribution in [0.25, 0.3) is 0 Å². The molecule has 2 saturated heterocycles. The summed E-state index contributed by atoms with van der Waals surface area (Å²) < 4.78 is 6.09. The van der Waals surface area contributed by atoms with Crippen molar-refractivity contribution in [2.45, 2.75) is 56.8 Å². The Labute approximate surface area is 85.0 Å². The number of ether oxygens (including phenoxy) is 1. The second-order valence-corrected chi connectivity index (χ2v) is 5.35. The summed E-state index contributed by atoms with van der Waals surface area (Å²) in [6.07, 6.45) is 6.10. The van der Waals surface area contributed by atoms with Gasteiger partial charge in [-0.05, 0) is 44.1 Å². The number of rotatable bonds is 0. The molecule has 1 spiro atoms. The molecule has 1 saturated carbocycles. The van der Waals surface area contributed by atoms with Crippen molar-refractivity contribution in [2.75, 3.05) is 0 Å². The molecule has 4 aliphatic rings. The van der Waals surface area contributed by atoms with Crippen LogP contribution < -0.4 is 0 Å². The van der Waals surface area contributed by atoms with Gasteiger partial charge in [0.25, 0.3) is 0 Å². The van der Waals surface area contributed by atoms with Crippen LogP contribution in [0.3, 0.4) is 0 Å². The van der Waals surface area contributed by atoms with E-state index in [1.807, 2.05) is 0 Å². The van der Waals surface area contributed by atoms with Gasteiger partial charge in [-0.3, -0.25) is 0 Å². The molecule has 2 aliphatic heterocycles. The highest BCUT2D eigenvalue weighted by Crippen LogP contribution is 2.63. The van der Waals surface area contributed by atoms with Crippen LogP contribution in [0, 0.1) is 5.92 Å². The topological polar surface area (TPSA) is 29.5 Å². The van der Waals surface area contributed by atoms with Gasteiger partial charge >= 0.3 is 0 Å². The van der Waals surface area contributed by atoms with Crippen LogP contribution in [0.15, 0.2) is 11.6 Å². The van der Waals surface area contributed by atoms with Gasteiger partial charge < -0.3 is 9.84 Å². The van der Waals surface area contributed by atoms with Crippen molar-refractivity contribution in [2.24, 2.45) is 5.92 Å². The molecule has 78 valence electrons. The van der Waals surface area contributed by atoms with Crippen LogP contribution in [0.5, 0.6) is 0 Å². The van der Waals surface area contributed by atoms with Crippen molar-refractivity contribution in [3.8, 4) is 0 Å². The lowest BCUT2D eigenvalue weighted by atomic mass is 9.75. The van der Waals surface area contributed by atoms with E-state index in [9.17, 15) is 5.11 Å². The number of hydrogen-bond acceptors (Lipinski definition) is 2. The highest BCUT2D eigenvalue weighted by atomic mass is 16.6. The normalized spacial score (nSPS) is 55.8. The predicted octanol–water partition coefficient (Wildman–Crippen LogP) is 2.03. The SMILES string of the molecule is C[C@@H]1CC[C@@H](O)C=C2[C@]3(C)CC[C@@]21O3. The molecule has 0 aromatic carbocycles.